The van der Waals surface area contributed by atoms with Crippen molar-refractivity contribution in [1.82, 2.24) is 24.5 Å². The second-order valence-corrected chi connectivity index (χ2v) is 12.6. The Morgan fingerprint density at radius 1 is 0.520 bits per heavy atom. The minimum atomic E-state index is -0.245. The molecule has 6 heteroatoms. The van der Waals surface area contributed by atoms with Gasteiger partial charge < -0.3 is 9.30 Å². The standard InChI is InChI=1S/C44H29N5O/c1-4-12-29(13-5-1)42-46-43(30-14-6-2-7-15-30)48-44(47-42)35-21-20-32(28-24-26-45-27-25-28)40-38(35)34-22-23-37-39(41(34)50-40)33-18-10-11-19-36(33)49(37)31-16-8-3-9-17-31/h1-27,34,41H. The molecule has 2 atom stereocenters. The van der Waals surface area contributed by atoms with Gasteiger partial charge in [-0.3, -0.25) is 4.98 Å². The molecule has 1 aliphatic heterocycles. The fourth-order valence-electron chi connectivity index (χ4n) is 7.53. The van der Waals surface area contributed by atoms with Crippen LogP contribution in [-0.2, 0) is 0 Å². The molecule has 0 saturated heterocycles. The molecule has 0 spiro atoms. The third-order valence-corrected chi connectivity index (χ3v) is 9.74. The van der Waals surface area contributed by atoms with Gasteiger partial charge in [-0.15, -0.1) is 0 Å². The van der Waals surface area contributed by atoms with E-state index >= 15 is 0 Å². The smallest absolute Gasteiger partial charge is 0.164 e. The topological polar surface area (TPSA) is 65.7 Å². The molecule has 50 heavy (non-hydrogen) atoms. The van der Waals surface area contributed by atoms with Gasteiger partial charge in [0.15, 0.2) is 17.5 Å². The summed E-state index contributed by atoms with van der Waals surface area (Å²) in [6.07, 6.45) is 7.98. The Morgan fingerprint density at radius 2 is 1.12 bits per heavy atom. The number of hydrogen-bond acceptors (Lipinski definition) is 5. The van der Waals surface area contributed by atoms with E-state index in [0.29, 0.717) is 17.5 Å². The first kappa shape index (κ1) is 28.4. The predicted octanol–water partition coefficient (Wildman–Crippen LogP) is 10.1. The lowest BCUT2D eigenvalue weighted by Crippen LogP contribution is -2.14. The van der Waals surface area contributed by atoms with Gasteiger partial charge in [0.2, 0.25) is 0 Å². The van der Waals surface area contributed by atoms with E-state index in [-0.39, 0.29) is 12.0 Å². The number of ether oxygens (including phenoxy) is 1. The third-order valence-electron chi connectivity index (χ3n) is 9.74. The Balaban J connectivity index is 1.21. The highest BCUT2D eigenvalue weighted by molar-refractivity contribution is 5.93. The summed E-state index contributed by atoms with van der Waals surface area (Å²) in [7, 11) is 0. The Morgan fingerprint density at radius 3 is 1.82 bits per heavy atom. The van der Waals surface area contributed by atoms with Crippen molar-refractivity contribution >= 4 is 17.0 Å². The fourth-order valence-corrected chi connectivity index (χ4v) is 7.53. The quantitative estimate of drug-likeness (QED) is 0.187. The molecule has 0 N–H and O–H groups in total. The number of para-hydroxylation sites is 2. The summed E-state index contributed by atoms with van der Waals surface area (Å²) in [6.45, 7) is 0. The van der Waals surface area contributed by atoms with Crippen molar-refractivity contribution in [1.29, 1.82) is 0 Å². The number of pyridine rings is 1. The van der Waals surface area contributed by atoms with E-state index in [4.69, 9.17) is 19.7 Å². The maximum Gasteiger partial charge on any atom is 0.164 e. The lowest BCUT2D eigenvalue weighted by molar-refractivity contribution is 0.225. The Hall–Kier alpha value is -6.66. The molecule has 2 unspecified atom stereocenters. The molecule has 8 aromatic rings. The second kappa shape index (κ2) is 11.5. The van der Waals surface area contributed by atoms with E-state index < -0.39 is 0 Å². The van der Waals surface area contributed by atoms with Crippen LogP contribution in [-0.4, -0.2) is 24.5 Å². The summed E-state index contributed by atoms with van der Waals surface area (Å²) in [6, 6.07) is 47.7. The van der Waals surface area contributed by atoms with Crippen LogP contribution in [0.3, 0.4) is 0 Å². The average molecular weight is 644 g/mol. The first-order valence-corrected chi connectivity index (χ1v) is 16.8. The van der Waals surface area contributed by atoms with E-state index in [1.807, 2.05) is 85.2 Å². The summed E-state index contributed by atoms with van der Waals surface area (Å²) >= 11 is 0. The van der Waals surface area contributed by atoms with Gasteiger partial charge in [0, 0.05) is 62.8 Å². The monoisotopic (exact) mass is 643 g/mol. The van der Waals surface area contributed by atoms with Crippen molar-refractivity contribution in [2.75, 3.05) is 0 Å². The fraction of sp³-hybridized carbons (Fsp3) is 0.0455. The summed E-state index contributed by atoms with van der Waals surface area (Å²) in [5, 5.41) is 1.18. The van der Waals surface area contributed by atoms with E-state index in [9.17, 15) is 0 Å². The average Bonchev–Trinajstić information content (AvgIpc) is 3.75. The van der Waals surface area contributed by atoms with Crippen molar-refractivity contribution < 1.29 is 4.74 Å². The van der Waals surface area contributed by atoms with Crippen molar-refractivity contribution in [3.63, 3.8) is 0 Å². The number of rotatable bonds is 5. The zero-order chi connectivity index (χ0) is 33.0. The second-order valence-electron chi connectivity index (χ2n) is 12.6. The number of aromatic nitrogens is 5. The predicted molar refractivity (Wildman–Crippen MR) is 198 cm³/mol. The largest absolute Gasteiger partial charge is 0.484 e. The summed E-state index contributed by atoms with van der Waals surface area (Å²) in [5.74, 6) is 2.65. The Bertz CT molecular complexity index is 2510. The minimum absolute atomic E-state index is 0.0681. The molecule has 10 rings (SSSR count). The van der Waals surface area contributed by atoms with Crippen LogP contribution in [0.1, 0.15) is 28.8 Å². The van der Waals surface area contributed by atoms with Crippen LogP contribution in [0.4, 0.5) is 0 Å². The lowest BCUT2D eigenvalue weighted by Gasteiger charge is -2.22. The van der Waals surface area contributed by atoms with Crippen LogP contribution < -0.4 is 4.74 Å². The summed E-state index contributed by atoms with van der Waals surface area (Å²) in [4.78, 5) is 19.5. The van der Waals surface area contributed by atoms with E-state index in [2.05, 4.69) is 88.4 Å². The molecule has 0 fully saturated rings. The minimum Gasteiger partial charge on any atom is -0.484 e. The molecule has 6 nitrogen and oxygen atoms in total. The van der Waals surface area contributed by atoms with Crippen molar-refractivity contribution in [2.45, 2.75) is 12.0 Å². The van der Waals surface area contributed by atoms with Gasteiger partial charge in [0.1, 0.15) is 11.9 Å². The molecule has 0 saturated carbocycles. The number of fused-ring (bicyclic) bond motifs is 7. The van der Waals surface area contributed by atoms with Gasteiger partial charge in [0.25, 0.3) is 0 Å². The van der Waals surface area contributed by atoms with Gasteiger partial charge in [-0.25, -0.2) is 15.0 Å². The SMILES string of the molecule is C1=CC2c3c(-c4nc(-c5ccccc5)nc(-c5ccccc5)n4)ccc(-c4ccncc4)c3OC2c2c1n(-c1ccccc1)c1ccccc21. The zero-order valence-corrected chi connectivity index (χ0v) is 26.9. The van der Waals surface area contributed by atoms with Crippen LogP contribution >= 0.6 is 0 Å². The van der Waals surface area contributed by atoms with Crippen molar-refractivity contribution in [3.05, 3.63) is 175 Å². The Kier molecular flexibility index (Phi) is 6.52. The normalized spacial score (nSPS) is 15.7. The van der Waals surface area contributed by atoms with Gasteiger partial charge in [-0.05, 0) is 54.1 Å². The van der Waals surface area contributed by atoms with Crippen LogP contribution in [0.2, 0.25) is 0 Å². The van der Waals surface area contributed by atoms with E-state index in [0.717, 1.165) is 56.0 Å². The van der Waals surface area contributed by atoms with Gasteiger partial charge >= 0.3 is 0 Å². The first-order valence-electron chi connectivity index (χ1n) is 16.8. The maximum atomic E-state index is 7.22. The molecular weight excluding hydrogens is 615 g/mol. The number of nitrogens with zero attached hydrogens (tertiary/aromatic N) is 5. The van der Waals surface area contributed by atoms with Gasteiger partial charge in [-0.2, -0.15) is 0 Å². The van der Waals surface area contributed by atoms with Crippen LogP contribution in [0.25, 0.3) is 68.0 Å². The molecular formula is C44H29N5O. The van der Waals surface area contributed by atoms with E-state index in [1.165, 1.54) is 10.9 Å². The molecule has 0 radical (unpaired) electrons. The highest BCUT2D eigenvalue weighted by Crippen LogP contribution is 2.57. The molecule has 236 valence electrons. The molecule has 5 aromatic carbocycles. The van der Waals surface area contributed by atoms with Crippen molar-refractivity contribution in [2.24, 2.45) is 0 Å². The van der Waals surface area contributed by atoms with Gasteiger partial charge in [-0.1, -0.05) is 103 Å². The Labute approximate surface area is 289 Å². The molecule has 3 aromatic heterocycles. The highest BCUT2D eigenvalue weighted by atomic mass is 16.5. The maximum absolute atomic E-state index is 7.22. The van der Waals surface area contributed by atoms with E-state index in [1.54, 1.807) is 0 Å². The first-order chi connectivity index (χ1) is 24.8. The molecule has 2 aliphatic rings. The lowest BCUT2D eigenvalue weighted by atomic mass is 9.82. The summed E-state index contributed by atoms with van der Waals surface area (Å²) < 4.78 is 9.56. The number of hydrogen-bond donors (Lipinski definition) is 0. The molecule has 4 heterocycles. The van der Waals surface area contributed by atoms with Crippen LogP contribution in [0.5, 0.6) is 5.75 Å². The molecule has 0 bridgehead atoms. The molecule has 0 amide bonds. The van der Waals surface area contributed by atoms with Crippen molar-refractivity contribution in [3.8, 4) is 56.7 Å². The van der Waals surface area contributed by atoms with Crippen LogP contribution in [0, 0.1) is 0 Å². The summed E-state index contributed by atoms with van der Waals surface area (Å²) in [5.41, 5.74) is 10.5. The number of benzene rings is 5. The zero-order valence-electron chi connectivity index (χ0n) is 26.9. The van der Waals surface area contributed by atoms with Crippen LogP contribution in [0.15, 0.2) is 158 Å². The van der Waals surface area contributed by atoms with Gasteiger partial charge in [0.05, 0.1) is 11.2 Å². The third kappa shape index (κ3) is 4.49. The highest BCUT2D eigenvalue weighted by Gasteiger charge is 2.43. The molecule has 1 aliphatic carbocycles.